The molecule has 2 heterocycles. The zero-order chi connectivity index (χ0) is 16.2. The summed E-state index contributed by atoms with van der Waals surface area (Å²) in [6.45, 7) is 7.46. The van der Waals surface area contributed by atoms with Crippen molar-refractivity contribution in [2.24, 2.45) is 0 Å². The Balaban J connectivity index is 1.68. The number of carbonyl (C=O) groups is 1. The first kappa shape index (κ1) is 16.0. The Morgan fingerprint density at radius 3 is 2.78 bits per heavy atom. The quantitative estimate of drug-likeness (QED) is 0.891. The molecule has 0 saturated carbocycles. The third-order valence-corrected chi connectivity index (χ3v) is 4.33. The lowest BCUT2D eigenvalue weighted by Gasteiger charge is -2.29. The van der Waals surface area contributed by atoms with Crippen molar-refractivity contribution >= 4 is 16.8 Å². The van der Waals surface area contributed by atoms with Crippen LogP contribution in [0.1, 0.15) is 12.6 Å². The Morgan fingerprint density at radius 2 is 2.04 bits per heavy atom. The van der Waals surface area contributed by atoms with Crippen LogP contribution in [0.4, 0.5) is 0 Å². The molecule has 0 atom stereocenters. The molecule has 0 bridgehead atoms. The summed E-state index contributed by atoms with van der Waals surface area (Å²) in [5, 5.41) is 9.16. The number of hydrogen-bond acceptors (Lipinski definition) is 4. The van der Waals surface area contributed by atoms with Crippen LogP contribution in [-0.4, -0.2) is 65.3 Å². The van der Waals surface area contributed by atoms with E-state index in [9.17, 15) is 4.79 Å². The summed E-state index contributed by atoms with van der Waals surface area (Å²) in [6.07, 6.45) is 0. The van der Waals surface area contributed by atoms with Crippen LogP contribution in [0.5, 0.6) is 0 Å². The predicted octanol–water partition coefficient (Wildman–Crippen LogP) is 0.920. The van der Waals surface area contributed by atoms with Gasteiger partial charge in [0.1, 0.15) is 0 Å². The molecule has 1 fully saturated rings. The van der Waals surface area contributed by atoms with E-state index in [1.54, 1.807) is 0 Å². The van der Waals surface area contributed by atoms with E-state index >= 15 is 0 Å². The number of nitrogens with zero attached hydrogens (tertiary/aromatic N) is 4. The number of fused-ring (bicyclic) bond motifs is 1. The second-order valence-corrected chi connectivity index (χ2v) is 6.08. The van der Waals surface area contributed by atoms with E-state index in [2.05, 4.69) is 29.3 Å². The first-order chi connectivity index (χ1) is 11.2. The predicted molar refractivity (Wildman–Crippen MR) is 91.2 cm³/mol. The number of amides is 1. The number of likely N-dealkylation sites (N-methyl/N-ethyl adjacent to an activating group) is 1. The molecule has 0 unspecified atom stereocenters. The molecule has 1 N–H and O–H groups in total. The molecule has 0 aliphatic carbocycles. The van der Waals surface area contributed by atoms with Crippen LogP contribution in [0.3, 0.4) is 0 Å². The highest BCUT2D eigenvalue weighted by atomic mass is 16.2. The van der Waals surface area contributed by atoms with Crippen LogP contribution in [0, 0.1) is 0 Å². The fraction of sp³-hybridized carbons (Fsp3) is 0.529. The highest BCUT2D eigenvalue weighted by Gasteiger charge is 2.19. The maximum atomic E-state index is 12.4. The van der Waals surface area contributed by atoms with Crippen LogP contribution in [-0.2, 0) is 17.9 Å². The molecule has 6 nitrogen and oxygen atoms in total. The molecule has 1 aliphatic heterocycles. The van der Waals surface area contributed by atoms with Crippen LogP contribution >= 0.6 is 0 Å². The molecule has 1 aromatic carbocycles. The molecule has 23 heavy (non-hydrogen) atoms. The van der Waals surface area contributed by atoms with Gasteiger partial charge in [0.2, 0.25) is 5.91 Å². The summed E-state index contributed by atoms with van der Waals surface area (Å²) in [7, 11) is 1.99. The lowest BCUT2D eigenvalue weighted by Crippen LogP contribution is -2.49. The second kappa shape index (κ2) is 7.10. The van der Waals surface area contributed by atoms with E-state index in [0.717, 1.165) is 43.9 Å². The lowest BCUT2D eigenvalue weighted by molar-refractivity contribution is -0.132. The Morgan fingerprint density at radius 1 is 1.30 bits per heavy atom. The third-order valence-electron chi connectivity index (χ3n) is 4.33. The Bertz CT molecular complexity index is 675. The number of rotatable bonds is 5. The van der Waals surface area contributed by atoms with Gasteiger partial charge in [0.25, 0.3) is 0 Å². The zero-order valence-corrected chi connectivity index (χ0v) is 14.0. The number of carbonyl (C=O) groups excluding carboxylic acids is 1. The highest BCUT2D eigenvalue weighted by molar-refractivity contribution is 5.82. The van der Waals surface area contributed by atoms with Gasteiger partial charge in [-0.2, -0.15) is 5.10 Å². The molecule has 124 valence electrons. The first-order valence-corrected chi connectivity index (χ1v) is 8.30. The molecule has 1 amide bonds. The van der Waals surface area contributed by atoms with Crippen LogP contribution in [0.25, 0.3) is 10.9 Å². The summed E-state index contributed by atoms with van der Waals surface area (Å²) < 4.78 is 2.02. The maximum absolute atomic E-state index is 12.4. The smallest absolute Gasteiger partial charge is 0.236 e. The van der Waals surface area contributed by atoms with E-state index in [0.29, 0.717) is 13.1 Å². The Kier molecular flexibility index (Phi) is 4.93. The summed E-state index contributed by atoms with van der Waals surface area (Å²) in [6, 6.07) is 8.29. The number of hydrogen-bond donors (Lipinski definition) is 1. The average molecular weight is 315 g/mol. The molecule has 6 heteroatoms. The minimum Gasteiger partial charge on any atom is -0.339 e. The van der Waals surface area contributed by atoms with Crippen molar-refractivity contribution in [3.63, 3.8) is 0 Å². The van der Waals surface area contributed by atoms with Crippen molar-refractivity contribution in [1.29, 1.82) is 0 Å². The van der Waals surface area contributed by atoms with Gasteiger partial charge in [0, 0.05) is 44.7 Å². The van der Waals surface area contributed by atoms with Crippen molar-refractivity contribution in [2.75, 3.05) is 39.8 Å². The molecule has 1 aromatic heterocycles. The van der Waals surface area contributed by atoms with Gasteiger partial charge in [-0.3, -0.25) is 14.4 Å². The highest BCUT2D eigenvalue weighted by Crippen LogP contribution is 2.19. The van der Waals surface area contributed by atoms with Gasteiger partial charge in [-0.05, 0) is 20.0 Å². The molecular weight excluding hydrogens is 290 g/mol. The summed E-state index contributed by atoms with van der Waals surface area (Å²) in [5.74, 6) is 0.202. The van der Waals surface area contributed by atoms with E-state index in [4.69, 9.17) is 5.10 Å². The summed E-state index contributed by atoms with van der Waals surface area (Å²) in [4.78, 5) is 16.3. The van der Waals surface area contributed by atoms with E-state index in [-0.39, 0.29) is 5.91 Å². The number of aryl methyl sites for hydroxylation is 1. The monoisotopic (exact) mass is 315 g/mol. The molecule has 1 saturated heterocycles. The fourth-order valence-electron chi connectivity index (χ4n) is 3.11. The Hall–Kier alpha value is -1.92. The van der Waals surface area contributed by atoms with Gasteiger partial charge < -0.3 is 10.2 Å². The van der Waals surface area contributed by atoms with Crippen molar-refractivity contribution in [3.8, 4) is 0 Å². The topological polar surface area (TPSA) is 53.4 Å². The molecule has 0 spiro atoms. The van der Waals surface area contributed by atoms with E-state index in [1.807, 2.05) is 28.8 Å². The van der Waals surface area contributed by atoms with Crippen LogP contribution in [0.15, 0.2) is 24.3 Å². The minimum absolute atomic E-state index is 0.202. The number of benzene rings is 1. The second-order valence-electron chi connectivity index (χ2n) is 6.08. The van der Waals surface area contributed by atoms with Gasteiger partial charge in [-0.15, -0.1) is 0 Å². The minimum atomic E-state index is 0.202. The van der Waals surface area contributed by atoms with Crippen molar-refractivity contribution < 1.29 is 4.79 Å². The van der Waals surface area contributed by atoms with Gasteiger partial charge in [-0.1, -0.05) is 18.2 Å². The average Bonchev–Trinajstić information content (AvgIpc) is 2.93. The fourth-order valence-corrected chi connectivity index (χ4v) is 3.11. The first-order valence-electron chi connectivity index (χ1n) is 8.30. The van der Waals surface area contributed by atoms with Crippen LogP contribution < -0.4 is 5.32 Å². The van der Waals surface area contributed by atoms with E-state index < -0.39 is 0 Å². The third kappa shape index (κ3) is 3.54. The summed E-state index contributed by atoms with van der Waals surface area (Å²) in [5.41, 5.74) is 2.20. The summed E-state index contributed by atoms with van der Waals surface area (Å²) >= 11 is 0. The largest absolute Gasteiger partial charge is 0.339 e. The molecular formula is C17H25N5O. The number of nitrogens with one attached hydrogen (secondary N) is 1. The van der Waals surface area contributed by atoms with E-state index in [1.165, 1.54) is 5.39 Å². The number of piperazine rings is 1. The molecule has 0 radical (unpaired) electrons. The maximum Gasteiger partial charge on any atom is 0.236 e. The van der Waals surface area contributed by atoms with Crippen molar-refractivity contribution in [1.82, 2.24) is 24.9 Å². The van der Waals surface area contributed by atoms with Crippen LogP contribution in [0.2, 0.25) is 0 Å². The van der Waals surface area contributed by atoms with Gasteiger partial charge in [0.05, 0.1) is 17.8 Å². The molecule has 3 rings (SSSR count). The number of aromatic nitrogens is 2. The zero-order valence-electron chi connectivity index (χ0n) is 14.0. The number of para-hydroxylation sites is 1. The lowest BCUT2D eigenvalue weighted by atomic mass is 10.2. The Labute approximate surface area is 137 Å². The van der Waals surface area contributed by atoms with Gasteiger partial charge >= 0.3 is 0 Å². The molecule has 2 aromatic rings. The molecule has 1 aliphatic rings. The van der Waals surface area contributed by atoms with Crippen molar-refractivity contribution in [3.05, 3.63) is 30.0 Å². The van der Waals surface area contributed by atoms with Crippen molar-refractivity contribution in [2.45, 2.75) is 20.0 Å². The normalized spacial score (nSPS) is 15.5. The van der Waals surface area contributed by atoms with Gasteiger partial charge in [0.15, 0.2) is 0 Å². The standard InChI is InChI=1S/C17H25N5O/c1-3-22-16-7-5-4-6-14(16)15(19-22)12-20(2)13-17(23)21-10-8-18-9-11-21/h4-7,18H,3,8-13H2,1-2H3. The SMILES string of the molecule is CCn1nc(CN(C)CC(=O)N2CCNCC2)c2ccccc21. The van der Waals surface area contributed by atoms with Gasteiger partial charge in [-0.25, -0.2) is 0 Å².